The van der Waals surface area contributed by atoms with E-state index < -0.39 is 0 Å². The number of ether oxygens (including phenoxy) is 1. The molecule has 1 rings (SSSR count). The molecular weight excluding hydrogens is 334 g/mol. The molecule has 0 aliphatic carbocycles. The molecule has 0 fully saturated rings. The van der Waals surface area contributed by atoms with E-state index in [1.54, 1.807) is 6.92 Å². The third-order valence-corrected chi connectivity index (χ3v) is 2.71. The molecule has 0 heterocycles. The zero-order chi connectivity index (χ0) is 16.1. The van der Waals surface area contributed by atoms with Crippen molar-refractivity contribution in [2.45, 2.75) is 13.8 Å². The highest BCUT2D eigenvalue weighted by atomic mass is 79.9. The minimum absolute atomic E-state index is 0.211. The number of nitrogens with two attached hydrogens (primary N) is 1. The van der Waals surface area contributed by atoms with Crippen LogP contribution in [-0.2, 0) is 9.53 Å². The third-order valence-electron chi connectivity index (χ3n) is 2.19. The van der Waals surface area contributed by atoms with E-state index in [-0.39, 0.29) is 5.97 Å². The van der Waals surface area contributed by atoms with Gasteiger partial charge in [-0.1, -0.05) is 28.1 Å². The quantitative estimate of drug-likeness (QED) is 0.467. The third kappa shape index (κ3) is 9.81. The Morgan fingerprint density at radius 2 is 2.10 bits per heavy atom. The molecule has 1 aromatic rings. The van der Waals surface area contributed by atoms with Crippen LogP contribution in [0.4, 0.5) is 0 Å². The molecule has 1 aromatic carbocycles. The average Bonchev–Trinajstić information content (AvgIpc) is 2.45. The first-order chi connectivity index (χ1) is 10.0. The molecule has 0 saturated heterocycles. The van der Waals surface area contributed by atoms with Gasteiger partial charge >= 0.3 is 5.97 Å². The maximum atomic E-state index is 9.82. The van der Waals surface area contributed by atoms with E-state index in [4.69, 9.17) is 5.73 Å². The van der Waals surface area contributed by atoms with Crippen molar-refractivity contribution < 1.29 is 9.53 Å². The number of carbonyl (C=O) groups is 1. The van der Waals surface area contributed by atoms with Gasteiger partial charge in [-0.05, 0) is 25.8 Å². The van der Waals surface area contributed by atoms with E-state index in [1.165, 1.54) is 6.92 Å². The lowest BCUT2D eigenvalue weighted by molar-refractivity contribution is -0.140. The van der Waals surface area contributed by atoms with Crippen LogP contribution in [0.5, 0.6) is 0 Å². The summed E-state index contributed by atoms with van der Waals surface area (Å²) in [5.74, 6) is -0.211. The topological polar surface area (TPSA) is 76.7 Å². The summed E-state index contributed by atoms with van der Waals surface area (Å²) < 4.78 is 5.45. The minimum Gasteiger partial charge on any atom is -0.466 e. The summed E-state index contributed by atoms with van der Waals surface area (Å²) >= 11 is 3.38. The highest BCUT2D eigenvalue weighted by Crippen LogP contribution is 2.17. The summed E-state index contributed by atoms with van der Waals surface area (Å²) in [5.41, 5.74) is 7.21. The van der Waals surface area contributed by atoms with Gasteiger partial charge in [-0.2, -0.15) is 0 Å². The molecule has 0 unspecified atom stereocenters. The van der Waals surface area contributed by atoms with Crippen LogP contribution in [0.3, 0.4) is 0 Å². The van der Waals surface area contributed by atoms with Crippen LogP contribution in [0, 0.1) is 0 Å². The van der Waals surface area contributed by atoms with Crippen LogP contribution in [0.25, 0.3) is 5.70 Å². The van der Waals surface area contributed by atoms with E-state index in [0.29, 0.717) is 13.2 Å². The Hall–Kier alpha value is -1.66. The van der Waals surface area contributed by atoms with E-state index >= 15 is 0 Å². The van der Waals surface area contributed by atoms with Gasteiger partial charge in [0.2, 0.25) is 0 Å². The number of nitrogens with zero attached hydrogens (tertiary/aromatic N) is 1. The van der Waals surface area contributed by atoms with Crippen molar-refractivity contribution in [1.29, 1.82) is 0 Å². The molecule has 0 bridgehead atoms. The Morgan fingerprint density at radius 3 is 2.48 bits per heavy atom. The molecule has 0 aliphatic rings. The van der Waals surface area contributed by atoms with Crippen molar-refractivity contribution in [3.63, 3.8) is 0 Å². The molecule has 116 valence electrons. The fraction of sp³-hybridized carbons (Fsp3) is 0.333. The summed E-state index contributed by atoms with van der Waals surface area (Å²) in [5, 5.41) is 3.07. The van der Waals surface area contributed by atoms with Crippen LogP contribution in [0.1, 0.15) is 19.4 Å². The lowest BCUT2D eigenvalue weighted by atomic mass is 10.2. The number of benzene rings is 1. The lowest BCUT2D eigenvalue weighted by Crippen LogP contribution is -2.17. The first kappa shape index (κ1) is 19.3. The highest BCUT2D eigenvalue weighted by Gasteiger charge is 1.97. The maximum absolute atomic E-state index is 9.82. The number of aliphatic imine (C=N–C) groups is 1. The van der Waals surface area contributed by atoms with Crippen LogP contribution in [0.2, 0.25) is 0 Å². The molecule has 5 nitrogen and oxygen atoms in total. The summed E-state index contributed by atoms with van der Waals surface area (Å²) in [7, 11) is 0. The molecule has 3 N–H and O–H groups in total. The van der Waals surface area contributed by atoms with Gasteiger partial charge in [-0.15, -0.1) is 0 Å². The van der Waals surface area contributed by atoms with Gasteiger partial charge in [0.25, 0.3) is 0 Å². The normalized spacial score (nSPS) is 10.2. The predicted molar refractivity (Wildman–Crippen MR) is 91.0 cm³/mol. The second-order valence-corrected chi connectivity index (χ2v) is 4.78. The van der Waals surface area contributed by atoms with Gasteiger partial charge in [0.05, 0.1) is 12.3 Å². The summed E-state index contributed by atoms with van der Waals surface area (Å²) in [6.07, 6.45) is 1.82. The fourth-order valence-electron chi connectivity index (χ4n) is 1.30. The average molecular weight is 356 g/mol. The zero-order valence-electron chi connectivity index (χ0n) is 12.4. The van der Waals surface area contributed by atoms with Gasteiger partial charge in [0.1, 0.15) is 0 Å². The second-order valence-electron chi connectivity index (χ2n) is 3.86. The Bertz CT molecular complexity index is 458. The van der Waals surface area contributed by atoms with Crippen LogP contribution >= 0.6 is 15.9 Å². The van der Waals surface area contributed by atoms with Crippen molar-refractivity contribution in [3.8, 4) is 0 Å². The molecule has 0 amide bonds. The van der Waals surface area contributed by atoms with Crippen LogP contribution in [-0.4, -0.2) is 32.4 Å². The molecule has 6 heteroatoms. The number of hydrogen-bond acceptors (Lipinski definition) is 5. The smallest absolute Gasteiger partial charge is 0.302 e. The Labute approximate surface area is 134 Å². The zero-order valence-corrected chi connectivity index (χ0v) is 14.0. The summed E-state index contributed by atoms with van der Waals surface area (Å²) in [4.78, 5) is 13.8. The van der Waals surface area contributed by atoms with Crippen LogP contribution < -0.4 is 11.1 Å². The SMILES string of the molecule is C=N/C(=C\NCCN)c1ccc(Br)cc1.CCOC(C)=O. The Balaban J connectivity index is 0.000000567. The van der Waals surface area contributed by atoms with E-state index in [1.807, 2.05) is 30.5 Å². The predicted octanol–water partition coefficient (Wildman–Crippen LogP) is 2.57. The first-order valence-corrected chi connectivity index (χ1v) is 7.34. The lowest BCUT2D eigenvalue weighted by Gasteiger charge is -2.03. The number of rotatable bonds is 6. The minimum atomic E-state index is -0.211. The van der Waals surface area contributed by atoms with Crippen molar-refractivity contribution in [2.75, 3.05) is 19.7 Å². The maximum Gasteiger partial charge on any atom is 0.302 e. The van der Waals surface area contributed by atoms with Crippen LogP contribution in [0.15, 0.2) is 39.9 Å². The molecule has 0 radical (unpaired) electrons. The van der Waals surface area contributed by atoms with Gasteiger partial charge < -0.3 is 15.8 Å². The van der Waals surface area contributed by atoms with Crippen molar-refractivity contribution in [3.05, 3.63) is 40.5 Å². The van der Waals surface area contributed by atoms with E-state index in [9.17, 15) is 4.79 Å². The molecule has 0 atom stereocenters. The fourth-order valence-corrected chi connectivity index (χ4v) is 1.56. The largest absolute Gasteiger partial charge is 0.466 e. The molecule has 21 heavy (non-hydrogen) atoms. The van der Waals surface area contributed by atoms with E-state index in [0.717, 1.165) is 22.3 Å². The number of esters is 1. The molecule has 0 saturated carbocycles. The Kier molecular flexibility index (Phi) is 11.2. The number of nitrogens with one attached hydrogen (secondary N) is 1. The highest BCUT2D eigenvalue weighted by molar-refractivity contribution is 9.10. The molecule has 0 aromatic heterocycles. The second kappa shape index (κ2) is 12.1. The number of carbonyl (C=O) groups excluding carboxylic acids is 1. The number of halogens is 1. The number of hydrogen-bond donors (Lipinski definition) is 2. The van der Waals surface area contributed by atoms with Gasteiger partial charge in [0, 0.05) is 36.2 Å². The first-order valence-electron chi connectivity index (χ1n) is 6.54. The summed E-state index contributed by atoms with van der Waals surface area (Å²) in [6.45, 7) is 8.52. The Morgan fingerprint density at radius 1 is 1.48 bits per heavy atom. The van der Waals surface area contributed by atoms with Crippen molar-refractivity contribution in [2.24, 2.45) is 10.7 Å². The van der Waals surface area contributed by atoms with Gasteiger partial charge in [0.15, 0.2) is 0 Å². The standard InChI is InChI=1S/C11H14BrN3.C4H8O2/c1-14-11(8-15-7-6-13)9-2-4-10(12)5-3-9;1-3-6-4(2)5/h2-5,8,15H,1,6-7,13H2;3H2,1-2H3/b11-8-;. The molecule has 0 spiro atoms. The monoisotopic (exact) mass is 355 g/mol. The summed E-state index contributed by atoms with van der Waals surface area (Å²) in [6, 6.07) is 7.90. The molecule has 0 aliphatic heterocycles. The van der Waals surface area contributed by atoms with Crippen molar-refractivity contribution in [1.82, 2.24) is 5.32 Å². The van der Waals surface area contributed by atoms with Gasteiger partial charge in [-0.3, -0.25) is 9.79 Å². The van der Waals surface area contributed by atoms with Gasteiger partial charge in [-0.25, -0.2) is 0 Å². The van der Waals surface area contributed by atoms with E-state index in [2.05, 4.69) is 37.7 Å². The molecular formula is C15H22BrN3O2. The van der Waals surface area contributed by atoms with Crippen molar-refractivity contribution >= 4 is 34.3 Å².